The van der Waals surface area contributed by atoms with E-state index in [9.17, 15) is 4.79 Å². The van der Waals surface area contributed by atoms with Gasteiger partial charge in [0.2, 0.25) is 0 Å². The quantitative estimate of drug-likeness (QED) is 0.692. The fourth-order valence-corrected chi connectivity index (χ4v) is 2.10. The maximum absolute atomic E-state index is 11.1. The minimum Gasteiger partial charge on any atom is -0.316 e. The van der Waals surface area contributed by atoms with Crippen molar-refractivity contribution in [2.24, 2.45) is 0 Å². The summed E-state index contributed by atoms with van der Waals surface area (Å²) in [6.07, 6.45) is 2.89. The molecule has 0 aromatic carbocycles. The van der Waals surface area contributed by atoms with Crippen LogP contribution in [0, 0.1) is 0 Å². The van der Waals surface area contributed by atoms with Gasteiger partial charge in [-0.1, -0.05) is 0 Å². The van der Waals surface area contributed by atoms with Crippen molar-refractivity contribution in [2.75, 3.05) is 13.1 Å². The predicted molar refractivity (Wildman–Crippen MR) is 56.0 cm³/mol. The summed E-state index contributed by atoms with van der Waals surface area (Å²) < 4.78 is 1.96. The highest BCUT2D eigenvalue weighted by Crippen LogP contribution is 2.20. The first-order valence-electron chi connectivity index (χ1n) is 5.12. The molecule has 15 heavy (non-hydrogen) atoms. The highest BCUT2D eigenvalue weighted by Gasteiger charge is 2.21. The van der Waals surface area contributed by atoms with Gasteiger partial charge in [0.25, 0.3) is 0 Å². The van der Waals surface area contributed by atoms with Crippen molar-refractivity contribution in [3.05, 3.63) is 34.4 Å². The molecule has 1 atom stereocenters. The van der Waals surface area contributed by atoms with Crippen molar-refractivity contribution in [3.8, 4) is 0 Å². The van der Waals surface area contributed by atoms with Crippen LogP contribution in [0.5, 0.6) is 0 Å². The summed E-state index contributed by atoms with van der Waals surface area (Å²) in [6, 6.07) is 3.13. The standard InChI is InChI=1S/C10H12N4O/c15-8-2-4-14-9(5-8)12-13-10(14)7-1-3-11-6-7/h2,4-5,7,11-12H,1,3,6H2. The van der Waals surface area contributed by atoms with E-state index in [0.717, 1.165) is 31.0 Å². The molecule has 78 valence electrons. The molecule has 0 amide bonds. The van der Waals surface area contributed by atoms with E-state index in [1.165, 1.54) is 0 Å². The van der Waals surface area contributed by atoms with E-state index >= 15 is 0 Å². The van der Waals surface area contributed by atoms with Crippen LogP contribution in [0.4, 0.5) is 0 Å². The first-order chi connectivity index (χ1) is 7.34. The average Bonchev–Trinajstić information content (AvgIpc) is 2.82. The van der Waals surface area contributed by atoms with Gasteiger partial charge in [0.15, 0.2) is 5.43 Å². The van der Waals surface area contributed by atoms with Crippen molar-refractivity contribution < 1.29 is 0 Å². The summed E-state index contributed by atoms with van der Waals surface area (Å²) in [5.74, 6) is 1.45. The Balaban J connectivity index is 2.15. The Kier molecular flexibility index (Phi) is 1.85. The van der Waals surface area contributed by atoms with Crippen LogP contribution in [0.15, 0.2) is 23.1 Å². The van der Waals surface area contributed by atoms with Gasteiger partial charge < -0.3 is 5.32 Å². The molecule has 1 aliphatic rings. The highest BCUT2D eigenvalue weighted by atomic mass is 16.1. The van der Waals surface area contributed by atoms with Gasteiger partial charge in [0, 0.05) is 30.8 Å². The van der Waals surface area contributed by atoms with E-state index < -0.39 is 0 Å². The van der Waals surface area contributed by atoms with Crippen LogP contribution in [-0.2, 0) is 0 Å². The first kappa shape index (κ1) is 8.67. The SMILES string of the molecule is O=c1ccn2c(C3CCNC3)n[nH]c2c1. The second-order valence-corrected chi connectivity index (χ2v) is 3.89. The Morgan fingerprint density at radius 3 is 3.27 bits per heavy atom. The summed E-state index contributed by atoms with van der Waals surface area (Å²) in [6.45, 7) is 2.01. The number of aromatic amines is 1. The summed E-state index contributed by atoms with van der Waals surface area (Å²) in [5.41, 5.74) is 0.777. The van der Waals surface area contributed by atoms with Gasteiger partial charge in [-0.2, -0.15) is 5.10 Å². The van der Waals surface area contributed by atoms with E-state index in [1.807, 2.05) is 4.40 Å². The second kappa shape index (κ2) is 3.20. The van der Waals surface area contributed by atoms with Crippen LogP contribution in [0.1, 0.15) is 18.2 Å². The van der Waals surface area contributed by atoms with Crippen molar-refractivity contribution >= 4 is 5.65 Å². The Hall–Kier alpha value is -1.62. The molecule has 1 aliphatic heterocycles. The van der Waals surface area contributed by atoms with Gasteiger partial charge in [0.1, 0.15) is 11.5 Å². The first-order valence-corrected chi connectivity index (χ1v) is 5.12. The highest BCUT2D eigenvalue weighted by molar-refractivity contribution is 5.37. The zero-order valence-corrected chi connectivity index (χ0v) is 8.23. The molecule has 3 heterocycles. The monoisotopic (exact) mass is 204 g/mol. The molecule has 1 fully saturated rings. The number of nitrogens with one attached hydrogen (secondary N) is 2. The van der Waals surface area contributed by atoms with Crippen molar-refractivity contribution in [2.45, 2.75) is 12.3 Å². The Morgan fingerprint density at radius 2 is 2.47 bits per heavy atom. The number of nitrogens with zero attached hydrogens (tertiary/aromatic N) is 2. The third-order valence-corrected chi connectivity index (χ3v) is 2.88. The van der Waals surface area contributed by atoms with Crippen molar-refractivity contribution in [1.82, 2.24) is 19.9 Å². The van der Waals surface area contributed by atoms with E-state index in [4.69, 9.17) is 0 Å². The van der Waals surface area contributed by atoms with Crippen LogP contribution in [0.2, 0.25) is 0 Å². The fourth-order valence-electron chi connectivity index (χ4n) is 2.10. The number of H-pyrrole nitrogens is 1. The van der Waals surface area contributed by atoms with E-state index in [2.05, 4.69) is 15.5 Å². The molecular weight excluding hydrogens is 192 g/mol. The zero-order valence-electron chi connectivity index (χ0n) is 8.23. The van der Waals surface area contributed by atoms with E-state index in [1.54, 1.807) is 18.3 Å². The van der Waals surface area contributed by atoms with Gasteiger partial charge in [-0.05, 0) is 13.0 Å². The van der Waals surface area contributed by atoms with Crippen LogP contribution in [0.25, 0.3) is 5.65 Å². The Labute approximate surface area is 86.1 Å². The van der Waals surface area contributed by atoms with Crippen molar-refractivity contribution in [3.63, 3.8) is 0 Å². The molecular formula is C10H12N4O. The maximum atomic E-state index is 11.1. The third-order valence-electron chi connectivity index (χ3n) is 2.88. The number of pyridine rings is 1. The van der Waals surface area contributed by atoms with Gasteiger partial charge in [-0.3, -0.25) is 14.3 Å². The minimum atomic E-state index is 0.00902. The molecule has 0 saturated carbocycles. The molecule has 0 spiro atoms. The summed E-state index contributed by atoms with van der Waals surface area (Å²) >= 11 is 0. The molecule has 0 aliphatic carbocycles. The van der Waals surface area contributed by atoms with Gasteiger partial charge >= 0.3 is 0 Å². The zero-order chi connectivity index (χ0) is 10.3. The van der Waals surface area contributed by atoms with E-state index in [-0.39, 0.29) is 5.43 Å². The lowest BCUT2D eigenvalue weighted by Gasteiger charge is -2.04. The van der Waals surface area contributed by atoms with Gasteiger partial charge in [0.05, 0.1) is 0 Å². The normalized spacial score (nSPS) is 21.2. The minimum absolute atomic E-state index is 0.00902. The largest absolute Gasteiger partial charge is 0.316 e. The van der Waals surface area contributed by atoms with Gasteiger partial charge in [-0.15, -0.1) is 0 Å². The van der Waals surface area contributed by atoms with Crippen LogP contribution < -0.4 is 10.7 Å². The van der Waals surface area contributed by atoms with Crippen LogP contribution in [0.3, 0.4) is 0 Å². The number of hydrogen-bond acceptors (Lipinski definition) is 3. The molecule has 2 N–H and O–H groups in total. The van der Waals surface area contributed by atoms with Gasteiger partial charge in [-0.25, -0.2) is 0 Å². The average molecular weight is 204 g/mol. The molecule has 2 aromatic heterocycles. The second-order valence-electron chi connectivity index (χ2n) is 3.89. The number of aromatic nitrogens is 3. The third kappa shape index (κ3) is 1.35. The molecule has 1 unspecified atom stereocenters. The lowest BCUT2D eigenvalue weighted by molar-refractivity contribution is 0.691. The van der Waals surface area contributed by atoms with Crippen molar-refractivity contribution in [1.29, 1.82) is 0 Å². The number of hydrogen-bond donors (Lipinski definition) is 2. The molecule has 0 bridgehead atoms. The van der Waals surface area contributed by atoms with Crippen LogP contribution in [-0.4, -0.2) is 27.7 Å². The molecule has 5 heteroatoms. The lowest BCUT2D eigenvalue weighted by atomic mass is 10.1. The number of rotatable bonds is 1. The maximum Gasteiger partial charge on any atom is 0.183 e. The Bertz CT molecular complexity index is 536. The molecule has 3 rings (SSSR count). The predicted octanol–water partition coefficient (Wildman–Crippen LogP) is 0.0995. The molecule has 0 radical (unpaired) electrons. The lowest BCUT2D eigenvalue weighted by Crippen LogP contribution is -2.10. The molecule has 1 saturated heterocycles. The van der Waals surface area contributed by atoms with E-state index in [0.29, 0.717) is 5.92 Å². The summed E-state index contributed by atoms with van der Waals surface area (Å²) in [4.78, 5) is 11.1. The summed E-state index contributed by atoms with van der Waals surface area (Å²) in [5, 5.41) is 10.5. The van der Waals surface area contributed by atoms with Crippen LogP contribution >= 0.6 is 0 Å². The topological polar surface area (TPSA) is 62.2 Å². The summed E-state index contributed by atoms with van der Waals surface area (Å²) in [7, 11) is 0. The molecule has 2 aromatic rings. The smallest absolute Gasteiger partial charge is 0.183 e. The molecule has 5 nitrogen and oxygen atoms in total. The Morgan fingerprint density at radius 1 is 1.53 bits per heavy atom. The number of fused-ring (bicyclic) bond motifs is 1. The fraction of sp³-hybridized carbons (Fsp3) is 0.400.